The SMILES string of the molecule is Cc1cc(CN2CC(C(=O)O)C2)c2c(c1)C(N(C)c1ccc(Cl)c(C)c1)CC2. The van der Waals surface area contributed by atoms with Gasteiger partial charge in [0.2, 0.25) is 0 Å². The molecule has 5 heteroatoms. The summed E-state index contributed by atoms with van der Waals surface area (Å²) in [6.45, 7) is 6.37. The van der Waals surface area contributed by atoms with Gasteiger partial charge in [-0.05, 0) is 67.1 Å². The molecule has 28 heavy (non-hydrogen) atoms. The van der Waals surface area contributed by atoms with Crippen LogP contribution in [0.1, 0.15) is 40.3 Å². The standard InChI is InChI=1S/C23H27ClN2O2/c1-14-8-16(11-26-12-17(13-26)23(27)28)19-5-7-22(20(19)9-14)25(3)18-4-6-21(24)15(2)10-18/h4,6,8-10,17,22H,5,7,11-13H2,1-3H3,(H,27,28). The Morgan fingerprint density at radius 3 is 2.68 bits per heavy atom. The number of likely N-dealkylation sites (tertiary alicyclic amines) is 1. The number of carboxylic acids is 1. The highest BCUT2D eigenvalue weighted by Gasteiger charge is 2.34. The van der Waals surface area contributed by atoms with Crippen LogP contribution in [0.5, 0.6) is 0 Å². The first-order chi connectivity index (χ1) is 13.3. The van der Waals surface area contributed by atoms with E-state index in [1.807, 2.05) is 13.0 Å². The van der Waals surface area contributed by atoms with Crippen LogP contribution in [0.3, 0.4) is 0 Å². The molecule has 148 valence electrons. The Balaban J connectivity index is 1.57. The van der Waals surface area contributed by atoms with E-state index >= 15 is 0 Å². The Morgan fingerprint density at radius 2 is 2.00 bits per heavy atom. The van der Waals surface area contributed by atoms with Crippen molar-refractivity contribution in [3.63, 3.8) is 0 Å². The number of hydrogen-bond donors (Lipinski definition) is 1. The van der Waals surface area contributed by atoms with E-state index in [9.17, 15) is 4.79 Å². The number of carboxylic acid groups (broad SMARTS) is 1. The first-order valence-corrected chi connectivity index (χ1v) is 10.3. The van der Waals surface area contributed by atoms with Crippen LogP contribution in [-0.4, -0.2) is 36.1 Å². The highest BCUT2D eigenvalue weighted by molar-refractivity contribution is 6.31. The lowest BCUT2D eigenvalue weighted by molar-refractivity contribution is -0.147. The minimum Gasteiger partial charge on any atom is -0.481 e. The number of aryl methyl sites for hydroxylation is 2. The highest BCUT2D eigenvalue weighted by Crippen LogP contribution is 2.40. The van der Waals surface area contributed by atoms with E-state index in [1.165, 1.54) is 27.9 Å². The molecule has 4 nitrogen and oxygen atoms in total. The van der Waals surface area contributed by atoms with Gasteiger partial charge in [-0.1, -0.05) is 29.3 Å². The average molecular weight is 399 g/mol. The fourth-order valence-corrected chi connectivity index (χ4v) is 4.75. The summed E-state index contributed by atoms with van der Waals surface area (Å²) in [4.78, 5) is 15.7. The van der Waals surface area contributed by atoms with Gasteiger partial charge in [-0.2, -0.15) is 0 Å². The van der Waals surface area contributed by atoms with E-state index in [-0.39, 0.29) is 5.92 Å². The summed E-state index contributed by atoms with van der Waals surface area (Å²) in [7, 11) is 2.16. The van der Waals surface area contributed by atoms with Gasteiger partial charge in [-0.25, -0.2) is 0 Å². The Morgan fingerprint density at radius 1 is 1.25 bits per heavy atom. The molecule has 2 aromatic carbocycles. The second kappa shape index (κ2) is 7.41. The molecule has 1 N–H and O–H groups in total. The molecular formula is C23H27ClN2O2. The molecule has 2 aromatic rings. The van der Waals surface area contributed by atoms with E-state index in [2.05, 4.69) is 48.0 Å². The number of anilines is 1. The van der Waals surface area contributed by atoms with Crippen molar-refractivity contribution in [1.82, 2.24) is 4.90 Å². The Hall–Kier alpha value is -2.04. The summed E-state index contributed by atoms with van der Waals surface area (Å²) in [5, 5.41) is 9.92. The van der Waals surface area contributed by atoms with Gasteiger partial charge < -0.3 is 10.0 Å². The van der Waals surface area contributed by atoms with E-state index < -0.39 is 5.97 Å². The molecule has 2 aliphatic rings. The van der Waals surface area contributed by atoms with Crippen LogP contribution in [0, 0.1) is 19.8 Å². The lowest BCUT2D eigenvalue weighted by atomic mass is 9.95. The number of benzene rings is 2. The first-order valence-electron chi connectivity index (χ1n) is 9.90. The Labute approximate surface area is 171 Å². The maximum atomic E-state index is 11.1. The quantitative estimate of drug-likeness (QED) is 0.799. The molecule has 1 unspecified atom stereocenters. The molecule has 1 heterocycles. The number of hydrogen-bond acceptors (Lipinski definition) is 3. The van der Waals surface area contributed by atoms with Gasteiger partial charge in [-0.3, -0.25) is 9.69 Å². The van der Waals surface area contributed by atoms with Crippen molar-refractivity contribution in [2.75, 3.05) is 25.0 Å². The van der Waals surface area contributed by atoms with Crippen LogP contribution in [0.2, 0.25) is 5.02 Å². The van der Waals surface area contributed by atoms with E-state index in [0.29, 0.717) is 19.1 Å². The van der Waals surface area contributed by atoms with Crippen LogP contribution in [0.25, 0.3) is 0 Å². The molecule has 1 atom stereocenters. The second-order valence-corrected chi connectivity index (χ2v) is 8.73. The van der Waals surface area contributed by atoms with Crippen LogP contribution < -0.4 is 4.90 Å². The number of fused-ring (bicyclic) bond motifs is 1. The van der Waals surface area contributed by atoms with Crippen molar-refractivity contribution in [1.29, 1.82) is 0 Å². The molecule has 1 fully saturated rings. The van der Waals surface area contributed by atoms with Crippen molar-refractivity contribution in [3.8, 4) is 0 Å². The second-order valence-electron chi connectivity index (χ2n) is 8.32. The highest BCUT2D eigenvalue weighted by atomic mass is 35.5. The topological polar surface area (TPSA) is 43.8 Å². The summed E-state index contributed by atoms with van der Waals surface area (Å²) in [5.74, 6) is -0.879. The molecule has 0 aromatic heterocycles. The normalized spacial score (nSPS) is 19.4. The molecule has 4 rings (SSSR count). The summed E-state index contributed by atoms with van der Waals surface area (Å²) in [6.07, 6.45) is 2.17. The first kappa shape index (κ1) is 19.3. The molecule has 1 saturated heterocycles. The molecule has 1 aliphatic carbocycles. The molecule has 0 radical (unpaired) electrons. The zero-order chi connectivity index (χ0) is 20.0. The number of carbonyl (C=O) groups is 1. The summed E-state index contributed by atoms with van der Waals surface area (Å²) in [5.41, 5.74) is 7.79. The predicted octanol–water partition coefficient (Wildman–Crippen LogP) is 4.60. The largest absolute Gasteiger partial charge is 0.481 e. The van der Waals surface area contributed by atoms with Crippen molar-refractivity contribution in [2.45, 2.75) is 39.3 Å². The number of nitrogens with zero attached hydrogens (tertiary/aromatic N) is 2. The fourth-order valence-electron chi connectivity index (χ4n) is 4.63. The van der Waals surface area contributed by atoms with Crippen LogP contribution >= 0.6 is 11.6 Å². The van der Waals surface area contributed by atoms with Crippen LogP contribution in [0.4, 0.5) is 5.69 Å². The maximum absolute atomic E-state index is 11.1. The third-order valence-corrected chi connectivity index (χ3v) is 6.69. The van der Waals surface area contributed by atoms with Crippen LogP contribution in [0.15, 0.2) is 30.3 Å². The lowest BCUT2D eigenvalue weighted by Gasteiger charge is -2.37. The molecular weight excluding hydrogens is 372 g/mol. The number of rotatable bonds is 5. The van der Waals surface area contributed by atoms with Gasteiger partial charge in [-0.15, -0.1) is 0 Å². The molecule has 0 amide bonds. The third kappa shape index (κ3) is 3.51. The zero-order valence-electron chi connectivity index (χ0n) is 16.7. The number of aliphatic carboxylic acids is 1. The molecule has 0 bridgehead atoms. The summed E-state index contributed by atoms with van der Waals surface area (Å²) >= 11 is 6.21. The Bertz CT molecular complexity index is 921. The van der Waals surface area contributed by atoms with Crippen molar-refractivity contribution in [3.05, 3.63) is 63.2 Å². The van der Waals surface area contributed by atoms with E-state index in [1.54, 1.807) is 0 Å². The van der Waals surface area contributed by atoms with Gasteiger partial charge >= 0.3 is 5.97 Å². The van der Waals surface area contributed by atoms with Gasteiger partial charge in [0.1, 0.15) is 0 Å². The van der Waals surface area contributed by atoms with Crippen LogP contribution in [-0.2, 0) is 17.8 Å². The lowest BCUT2D eigenvalue weighted by Crippen LogP contribution is -2.49. The molecule has 0 saturated carbocycles. The van der Waals surface area contributed by atoms with E-state index in [0.717, 1.165) is 30.0 Å². The third-order valence-electron chi connectivity index (χ3n) is 6.26. The van der Waals surface area contributed by atoms with Crippen molar-refractivity contribution < 1.29 is 9.90 Å². The predicted molar refractivity (Wildman–Crippen MR) is 113 cm³/mol. The molecule has 0 spiro atoms. The minimum absolute atomic E-state index is 0.204. The van der Waals surface area contributed by atoms with Gasteiger partial charge in [0.25, 0.3) is 0 Å². The van der Waals surface area contributed by atoms with Gasteiger partial charge in [0.05, 0.1) is 12.0 Å². The maximum Gasteiger partial charge on any atom is 0.309 e. The number of halogens is 1. The summed E-state index contributed by atoms with van der Waals surface area (Å²) < 4.78 is 0. The minimum atomic E-state index is -0.675. The summed E-state index contributed by atoms with van der Waals surface area (Å²) in [6, 6.07) is 11.2. The van der Waals surface area contributed by atoms with Gasteiger partial charge in [0, 0.05) is 37.4 Å². The van der Waals surface area contributed by atoms with Crippen molar-refractivity contribution in [2.24, 2.45) is 5.92 Å². The monoisotopic (exact) mass is 398 g/mol. The Kier molecular flexibility index (Phi) is 5.11. The average Bonchev–Trinajstić information content (AvgIpc) is 3.02. The van der Waals surface area contributed by atoms with Gasteiger partial charge in [0.15, 0.2) is 0 Å². The van der Waals surface area contributed by atoms with Crippen molar-refractivity contribution >= 4 is 23.3 Å². The molecule has 1 aliphatic heterocycles. The zero-order valence-corrected chi connectivity index (χ0v) is 17.5. The van der Waals surface area contributed by atoms with E-state index in [4.69, 9.17) is 16.7 Å². The fraction of sp³-hybridized carbons (Fsp3) is 0.435. The smallest absolute Gasteiger partial charge is 0.309 e.